The Morgan fingerprint density at radius 2 is 1.73 bits per heavy atom. The van der Waals surface area contributed by atoms with Gasteiger partial charge in [0.25, 0.3) is 0 Å². The van der Waals surface area contributed by atoms with Crippen LogP contribution in [0.15, 0.2) is 54.6 Å². The number of para-hydroxylation sites is 1. The zero-order valence-electron chi connectivity index (χ0n) is 15.1. The molecule has 26 heavy (non-hydrogen) atoms. The SMILES string of the molecule is CCC(=O)NCC(=O)Oc1ccccc1CCl.C[C@H](N)c1ccccc1. The maximum atomic E-state index is 11.4. The minimum Gasteiger partial charge on any atom is -0.425 e. The molecule has 0 aliphatic heterocycles. The molecular weight excluding hydrogens is 352 g/mol. The van der Waals surface area contributed by atoms with Gasteiger partial charge in [-0.15, -0.1) is 11.6 Å². The molecule has 3 N–H and O–H groups in total. The molecule has 0 unspecified atom stereocenters. The monoisotopic (exact) mass is 376 g/mol. The van der Waals surface area contributed by atoms with Crippen molar-refractivity contribution < 1.29 is 14.3 Å². The van der Waals surface area contributed by atoms with Gasteiger partial charge in [0.1, 0.15) is 12.3 Å². The summed E-state index contributed by atoms with van der Waals surface area (Å²) >= 11 is 5.70. The van der Waals surface area contributed by atoms with Crippen LogP contribution in [0, 0.1) is 0 Å². The molecule has 0 aliphatic carbocycles. The molecular formula is C20H25ClN2O3. The summed E-state index contributed by atoms with van der Waals surface area (Å²) in [6.07, 6.45) is 0.339. The maximum absolute atomic E-state index is 11.4. The third-order valence-corrected chi connectivity index (χ3v) is 3.70. The summed E-state index contributed by atoms with van der Waals surface area (Å²) in [5.41, 5.74) is 7.55. The summed E-state index contributed by atoms with van der Waals surface area (Å²) in [4.78, 5) is 22.4. The number of nitrogens with one attached hydrogen (secondary N) is 1. The van der Waals surface area contributed by atoms with Crippen LogP contribution in [0.5, 0.6) is 5.75 Å². The van der Waals surface area contributed by atoms with Crippen LogP contribution in [0.1, 0.15) is 37.4 Å². The van der Waals surface area contributed by atoms with Crippen LogP contribution in [0.2, 0.25) is 0 Å². The summed E-state index contributed by atoms with van der Waals surface area (Å²) < 4.78 is 5.09. The summed E-state index contributed by atoms with van der Waals surface area (Å²) in [7, 11) is 0. The highest BCUT2D eigenvalue weighted by Gasteiger charge is 2.09. The molecule has 1 atom stereocenters. The fourth-order valence-corrected chi connectivity index (χ4v) is 2.15. The Morgan fingerprint density at radius 3 is 2.27 bits per heavy atom. The van der Waals surface area contributed by atoms with E-state index in [1.165, 1.54) is 5.56 Å². The third-order valence-electron chi connectivity index (χ3n) is 3.42. The Kier molecular flexibility index (Phi) is 10.1. The van der Waals surface area contributed by atoms with Crippen LogP contribution < -0.4 is 15.8 Å². The van der Waals surface area contributed by atoms with Crippen LogP contribution >= 0.6 is 11.6 Å². The van der Waals surface area contributed by atoms with Crippen molar-refractivity contribution in [2.75, 3.05) is 6.54 Å². The molecule has 140 valence electrons. The number of hydrogen-bond acceptors (Lipinski definition) is 4. The van der Waals surface area contributed by atoms with Crippen molar-refractivity contribution in [1.29, 1.82) is 0 Å². The Labute approximate surface area is 159 Å². The van der Waals surface area contributed by atoms with E-state index in [2.05, 4.69) is 5.32 Å². The van der Waals surface area contributed by atoms with Crippen molar-refractivity contribution >= 4 is 23.5 Å². The number of hydrogen-bond donors (Lipinski definition) is 2. The predicted molar refractivity (Wildman–Crippen MR) is 104 cm³/mol. The second-order valence-electron chi connectivity index (χ2n) is 5.55. The number of amides is 1. The van der Waals surface area contributed by atoms with E-state index in [-0.39, 0.29) is 24.4 Å². The number of benzene rings is 2. The van der Waals surface area contributed by atoms with Gasteiger partial charge in [-0.25, -0.2) is 4.79 Å². The molecule has 1 amide bonds. The Balaban J connectivity index is 0.000000314. The first-order valence-corrected chi connectivity index (χ1v) is 8.93. The Bertz CT molecular complexity index is 690. The van der Waals surface area contributed by atoms with Gasteiger partial charge in [0.05, 0.1) is 5.88 Å². The first-order chi connectivity index (χ1) is 12.5. The number of carbonyl (C=O) groups excluding carboxylic acids is 2. The molecule has 0 bridgehead atoms. The Hall–Kier alpha value is -2.37. The summed E-state index contributed by atoms with van der Waals surface area (Å²) in [6, 6.07) is 17.2. The van der Waals surface area contributed by atoms with Gasteiger partial charge in [0.2, 0.25) is 5.91 Å². The highest BCUT2D eigenvalue weighted by Crippen LogP contribution is 2.19. The van der Waals surface area contributed by atoms with Crippen LogP contribution in [0.3, 0.4) is 0 Å². The number of rotatable bonds is 6. The quantitative estimate of drug-likeness (QED) is 0.459. The number of alkyl halides is 1. The van der Waals surface area contributed by atoms with Gasteiger partial charge in [0.15, 0.2) is 0 Å². The van der Waals surface area contributed by atoms with E-state index in [9.17, 15) is 9.59 Å². The molecule has 0 aliphatic rings. The van der Waals surface area contributed by atoms with Crippen molar-refractivity contribution in [3.63, 3.8) is 0 Å². The standard InChI is InChI=1S/C12H14ClNO3.C8H11N/c1-2-11(15)14-8-12(16)17-10-6-4-3-5-9(10)7-13;1-7(9)8-5-3-2-4-6-8/h3-6H,2,7-8H2,1H3,(H,14,15);2-7H,9H2,1H3/t;7-/m.0/s1. The van der Waals surface area contributed by atoms with Crippen LogP contribution in [0.4, 0.5) is 0 Å². The summed E-state index contributed by atoms with van der Waals surface area (Å²) in [5.74, 6) is 0.000283. The number of nitrogens with two attached hydrogens (primary N) is 1. The van der Waals surface area contributed by atoms with E-state index < -0.39 is 5.97 Å². The average molecular weight is 377 g/mol. The fourth-order valence-electron chi connectivity index (χ4n) is 1.92. The average Bonchev–Trinajstić information content (AvgIpc) is 2.67. The molecule has 0 aromatic heterocycles. The number of esters is 1. The largest absolute Gasteiger partial charge is 0.425 e. The maximum Gasteiger partial charge on any atom is 0.330 e. The molecule has 2 aromatic rings. The fraction of sp³-hybridized carbons (Fsp3) is 0.300. The lowest BCUT2D eigenvalue weighted by atomic mass is 10.1. The van der Waals surface area contributed by atoms with E-state index in [0.29, 0.717) is 12.2 Å². The number of halogens is 1. The van der Waals surface area contributed by atoms with E-state index in [1.54, 1.807) is 25.1 Å². The molecule has 0 saturated heterocycles. The van der Waals surface area contributed by atoms with Gasteiger partial charge >= 0.3 is 5.97 Å². The second kappa shape index (κ2) is 12.1. The number of carbonyl (C=O) groups is 2. The lowest BCUT2D eigenvalue weighted by molar-refractivity contribution is -0.135. The van der Waals surface area contributed by atoms with Crippen molar-refractivity contribution in [1.82, 2.24) is 5.32 Å². The molecule has 0 fully saturated rings. The zero-order valence-corrected chi connectivity index (χ0v) is 15.8. The van der Waals surface area contributed by atoms with Crippen molar-refractivity contribution in [3.05, 3.63) is 65.7 Å². The zero-order chi connectivity index (χ0) is 19.4. The lowest BCUT2D eigenvalue weighted by Crippen LogP contribution is -2.31. The minimum absolute atomic E-state index is 0.136. The van der Waals surface area contributed by atoms with Crippen LogP contribution in [-0.2, 0) is 15.5 Å². The summed E-state index contributed by atoms with van der Waals surface area (Å²) in [5, 5.41) is 2.44. The molecule has 0 saturated carbocycles. The van der Waals surface area contributed by atoms with E-state index in [0.717, 1.165) is 5.56 Å². The van der Waals surface area contributed by atoms with E-state index in [1.807, 2.05) is 43.3 Å². The first kappa shape index (κ1) is 21.7. The molecule has 0 radical (unpaired) electrons. The van der Waals surface area contributed by atoms with Gasteiger partial charge in [-0.3, -0.25) is 4.79 Å². The molecule has 0 spiro atoms. The van der Waals surface area contributed by atoms with Gasteiger partial charge in [-0.1, -0.05) is 55.5 Å². The van der Waals surface area contributed by atoms with Crippen molar-refractivity contribution in [2.24, 2.45) is 5.73 Å². The predicted octanol–water partition coefficient (Wildman–Crippen LogP) is 3.56. The number of ether oxygens (including phenoxy) is 1. The van der Waals surface area contributed by atoms with E-state index in [4.69, 9.17) is 22.1 Å². The van der Waals surface area contributed by atoms with Gasteiger partial charge in [-0.2, -0.15) is 0 Å². The lowest BCUT2D eigenvalue weighted by Gasteiger charge is -2.08. The minimum atomic E-state index is -0.510. The van der Waals surface area contributed by atoms with Crippen LogP contribution in [-0.4, -0.2) is 18.4 Å². The normalized spacial score (nSPS) is 10.9. The van der Waals surface area contributed by atoms with Gasteiger partial charge in [0, 0.05) is 18.0 Å². The smallest absolute Gasteiger partial charge is 0.330 e. The molecule has 2 rings (SSSR count). The highest BCUT2D eigenvalue weighted by atomic mass is 35.5. The molecule has 6 heteroatoms. The Morgan fingerprint density at radius 1 is 1.12 bits per heavy atom. The molecule has 0 heterocycles. The topological polar surface area (TPSA) is 81.4 Å². The van der Waals surface area contributed by atoms with E-state index >= 15 is 0 Å². The third kappa shape index (κ3) is 8.14. The highest BCUT2D eigenvalue weighted by molar-refractivity contribution is 6.17. The van der Waals surface area contributed by atoms with Gasteiger partial charge in [-0.05, 0) is 18.6 Å². The second-order valence-corrected chi connectivity index (χ2v) is 5.81. The van der Waals surface area contributed by atoms with Gasteiger partial charge < -0.3 is 15.8 Å². The molecule has 5 nitrogen and oxygen atoms in total. The van der Waals surface area contributed by atoms with Crippen molar-refractivity contribution in [2.45, 2.75) is 32.2 Å². The first-order valence-electron chi connectivity index (χ1n) is 8.39. The van der Waals surface area contributed by atoms with Crippen LogP contribution in [0.25, 0.3) is 0 Å². The van der Waals surface area contributed by atoms with Crippen molar-refractivity contribution in [3.8, 4) is 5.75 Å². The summed E-state index contributed by atoms with van der Waals surface area (Å²) in [6.45, 7) is 3.56. The molecule has 2 aromatic carbocycles.